The first-order valence-corrected chi connectivity index (χ1v) is 5.66. The van der Waals surface area contributed by atoms with Crippen molar-refractivity contribution in [1.82, 2.24) is 9.80 Å². The van der Waals surface area contributed by atoms with Gasteiger partial charge in [-0.1, -0.05) is 30.3 Å². The Morgan fingerprint density at radius 1 is 1.47 bits per heavy atom. The maximum Gasteiger partial charge on any atom is 0.320 e. The van der Waals surface area contributed by atoms with Crippen LogP contribution in [0.25, 0.3) is 0 Å². The fraction of sp³-hybridized carbons (Fsp3) is 0.385. The van der Waals surface area contributed by atoms with Crippen LogP contribution in [0, 0.1) is 6.92 Å². The average Bonchev–Trinajstić information content (AvgIpc) is 2.59. The summed E-state index contributed by atoms with van der Waals surface area (Å²) in [7, 11) is 1.70. The van der Waals surface area contributed by atoms with Crippen molar-refractivity contribution >= 4 is 6.03 Å². The van der Waals surface area contributed by atoms with E-state index in [1.807, 2.05) is 30.3 Å². The maximum absolute atomic E-state index is 11.9. The molecule has 0 spiro atoms. The summed E-state index contributed by atoms with van der Waals surface area (Å²) in [5.74, 6) is 0. The molecule has 1 N–H and O–H groups in total. The maximum atomic E-state index is 11.9. The van der Waals surface area contributed by atoms with E-state index in [1.165, 1.54) is 0 Å². The molecule has 1 fully saturated rings. The van der Waals surface area contributed by atoms with Crippen LogP contribution in [0.2, 0.25) is 0 Å². The lowest BCUT2D eigenvalue weighted by Gasteiger charge is -2.19. The van der Waals surface area contributed by atoms with Crippen LogP contribution < -0.4 is 0 Å². The second-order valence-corrected chi connectivity index (χ2v) is 4.39. The predicted octanol–water partition coefficient (Wildman–Crippen LogP) is 1.12. The average molecular weight is 233 g/mol. The minimum Gasteiger partial charge on any atom is -0.391 e. The van der Waals surface area contributed by atoms with Crippen molar-refractivity contribution in [3.05, 3.63) is 42.8 Å². The summed E-state index contributed by atoms with van der Waals surface area (Å²) < 4.78 is 0. The van der Waals surface area contributed by atoms with Crippen LogP contribution in [0.3, 0.4) is 0 Å². The zero-order valence-electron chi connectivity index (χ0n) is 9.91. The van der Waals surface area contributed by atoms with E-state index in [9.17, 15) is 9.90 Å². The number of urea groups is 1. The Hall–Kier alpha value is -1.55. The molecule has 1 aromatic carbocycles. The SMILES string of the molecule is [CH2]C(O)C1CN(Cc2ccccc2)C(=O)N1C. The van der Waals surface area contributed by atoms with Crippen LogP contribution in [0.4, 0.5) is 4.79 Å². The fourth-order valence-corrected chi connectivity index (χ4v) is 2.11. The van der Waals surface area contributed by atoms with Crippen LogP contribution in [0.15, 0.2) is 30.3 Å². The number of likely N-dealkylation sites (N-methyl/N-ethyl adjacent to an activating group) is 1. The number of carbonyl (C=O) groups is 1. The van der Waals surface area contributed by atoms with Gasteiger partial charge in [0, 0.05) is 20.1 Å². The Kier molecular flexibility index (Phi) is 3.33. The van der Waals surface area contributed by atoms with Crippen molar-refractivity contribution in [2.75, 3.05) is 13.6 Å². The Balaban J connectivity index is 2.06. The topological polar surface area (TPSA) is 43.8 Å². The van der Waals surface area contributed by atoms with E-state index in [4.69, 9.17) is 0 Å². The van der Waals surface area contributed by atoms with Crippen molar-refractivity contribution in [3.63, 3.8) is 0 Å². The van der Waals surface area contributed by atoms with Gasteiger partial charge >= 0.3 is 6.03 Å². The molecular weight excluding hydrogens is 216 g/mol. The summed E-state index contributed by atoms with van der Waals surface area (Å²) in [5.41, 5.74) is 1.09. The third-order valence-corrected chi connectivity index (χ3v) is 3.14. The fourth-order valence-electron chi connectivity index (χ4n) is 2.11. The van der Waals surface area contributed by atoms with Gasteiger partial charge in [-0.3, -0.25) is 0 Å². The molecule has 2 atom stereocenters. The normalized spacial score (nSPS) is 22.1. The standard InChI is InChI=1S/C13H17N2O2/c1-10(16)12-9-15(13(17)14(12)2)8-11-6-4-3-5-7-11/h3-7,10,12,16H,1,8-9H2,2H3. The second-order valence-electron chi connectivity index (χ2n) is 4.39. The highest BCUT2D eigenvalue weighted by molar-refractivity contribution is 5.77. The van der Waals surface area contributed by atoms with E-state index in [0.29, 0.717) is 13.1 Å². The molecule has 1 aliphatic heterocycles. The van der Waals surface area contributed by atoms with Crippen molar-refractivity contribution in [2.45, 2.75) is 18.7 Å². The molecule has 1 saturated heterocycles. The third kappa shape index (κ3) is 2.42. The second kappa shape index (κ2) is 4.75. The lowest BCUT2D eigenvalue weighted by Crippen LogP contribution is -2.37. The molecule has 2 rings (SSSR count). The molecular formula is C13H17N2O2. The molecule has 17 heavy (non-hydrogen) atoms. The molecule has 91 valence electrons. The van der Waals surface area contributed by atoms with Crippen LogP contribution in [0.5, 0.6) is 0 Å². The van der Waals surface area contributed by atoms with Crippen LogP contribution in [0.1, 0.15) is 5.56 Å². The van der Waals surface area contributed by atoms with Crippen molar-refractivity contribution in [3.8, 4) is 0 Å². The van der Waals surface area contributed by atoms with E-state index in [0.717, 1.165) is 5.56 Å². The first-order valence-electron chi connectivity index (χ1n) is 5.66. The van der Waals surface area contributed by atoms with Crippen molar-refractivity contribution < 1.29 is 9.90 Å². The Bertz CT molecular complexity index is 392. The molecule has 1 aromatic rings. The Morgan fingerprint density at radius 3 is 2.65 bits per heavy atom. The largest absolute Gasteiger partial charge is 0.391 e. The van der Waals surface area contributed by atoms with Gasteiger partial charge in [-0.05, 0) is 12.5 Å². The van der Waals surface area contributed by atoms with Gasteiger partial charge < -0.3 is 14.9 Å². The number of aliphatic hydroxyl groups excluding tert-OH is 1. The van der Waals surface area contributed by atoms with Gasteiger partial charge in [0.25, 0.3) is 0 Å². The van der Waals surface area contributed by atoms with E-state index in [2.05, 4.69) is 6.92 Å². The van der Waals surface area contributed by atoms with Gasteiger partial charge in [-0.2, -0.15) is 0 Å². The molecule has 1 radical (unpaired) electrons. The molecule has 2 amide bonds. The van der Waals surface area contributed by atoms with E-state index >= 15 is 0 Å². The summed E-state index contributed by atoms with van der Waals surface area (Å²) in [5, 5.41) is 9.49. The smallest absolute Gasteiger partial charge is 0.320 e. The quantitative estimate of drug-likeness (QED) is 0.850. The molecule has 1 heterocycles. The predicted molar refractivity (Wildman–Crippen MR) is 65.2 cm³/mol. The molecule has 4 heteroatoms. The third-order valence-electron chi connectivity index (χ3n) is 3.14. The first-order chi connectivity index (χ1) is 8.09. The summed E-state index contributed by atoms with van der Waals surface area (Å²) in [4.78, 5) is 15.2. The van der Waals surface area contributed by atoms with Gasteiger partial charge in [0.15, 0.2) is 0 Å². The van der Waals surface area contributed by atoms with Crippen molar-refractivity contribution in [2.24, 2.45) is 0 Å². The van der Waals surface area contributed by atoms with Crippen LogP contribution in [-0.2, 0) is 6.54 Å². The van der Waals surface area contributed by atoms with E-state index < -0.39 is 6.10 Å². The zero-order chi connectivity index (χ0) is 12.4. The number of carbonyl (C=O) groups excluding carboxylic acids is 1. The van der Waals surface area contributed by atoms with E-state index in [1.54, 1.807) is 16.8 Å². The van der Waals surface area contributed by atoms with Crippen LogP contribution >= 0.6 is 0 Å². The number of nitrogens with zero attached hydrogens (tertiary/aromatic N) is 2. The lowest BCUT2D eigenvalue weighted by atomic mass is 10.1. The van der Waals surface area contributed by atoms with Gasteiger partial charge in [-0.25, -0.2) is 4.79 Å². The van der Waals surface area contributed by atoms with Crippen molar-refractivity contribution in [1.29, 1.82) is 0 Å². The number of hydrogen-bond donors (Lipinski definition) is 1. The highest BCUT2D eigenvalue weighted by Gasteiger charge is 2.36. The van der Waals surface area contributed by atoms with E-state index in [-0.39, 0.29) is 12.1 Å². The number of amides is 2. The summed E-state index contributed by atoms with van der Waals surface area (Å²) in [6.45, 7) is 4.68. The lowest BCUT2D eigenvalue weighted by molar-refractivity contribution is 0.132. The Morgan fingerprint density at radius 2 is 2.12 bits per heavy atom. The molecule has 4 nitrogen and oxygen atoms in total. The van der Waals surface area contributed by atoms with Gasteiger partial charge in [0.2, 0.25) is 0 Å². The van der Waals surface area contributed by atoms with Gasteiger partial charge in [0.05, 0.1) is 12.1 Å². The van der Waals surface area contributed by atoms with Crippen LogP contribution in [-0.4, -0.2) is 46.7 Å². The molecule has 1 aliphatic rings. The molecule has 0 aliphatic carbocycles. The monoisotopic (exact) mass is 233 g/mol. The minimum atomic E-state index is -0.746. The molecule has 0 saturated carbocycles. The Labute approximate surface area is 101 Å². The number of benzene rings is 1. The zero-order valence-corrected chi connectivity index (χ0v) is 9.91. The van der Waals surface area contributed by atoms with Gasteiger partial charge in [0.1, 0.15) is 0 Å². The minimum absolute atomic E-state index is 0.0541. The molecule has 2 unspecified atom stereocenters. The number of rotatable bonds is 3. The number of hydrogen-bond acceptors (Lipinski definition) is 2. The highest BCUT2D eigenvalue weighted by atomic mass is 16.3. The summed E-state index contributed by atoms with van der Waals surface area (Å²) in [6.07, 6.45) is -0.746. The molecule has 0 bridgehead atoms. The molecule has 0 aromatic heterocycles. The van der Waals surface area contributed by atoms with Gasteiger partial charge in [-0.15, -0.1) is 0 Å². The number of aliphatic hydroxyl groups is 1. The summed E-state index contributed by atoms with van der Waals surface area (Å²) in [6, 6.07) is 9.56. The summed E-state index contributed by atoms with van der Waals surface area (Å²) >= 11 is 0. The first kappa shape index (κ1) is 11.9. The highest BCUT2D eigenvalue weighted by Crippen LogP contribution is 2.19.